The third-order valence-electron chi connectivity index (χ3n) is 4.90. The lowest BCUT2D eigenvalue weighted by Gasteiger charge is -2.42. The van der Waals surface area contributed by atoms with E-state index in [1.165, 1.54) is 6.07 Å². The van der Waals surface area contributed by atoms with E-state index < -0.39 is 11.8 Å². The van der Waals surface area contributed by atoms with Gasteiger partial charge in [0.25, 0.3) is 0 Å². The van der Waals surface area contributed by atoms with Crippen molar-refractivity contribution >= 4 is 0 Å². The lowest BCUT2D eigenvalue weighted by atomic mass is 9.92. The van der Waals surface area contributed by atoms with Crippen molar-refractivity contribution in [1.82, 2.24) is 10.4 Å². The van der Waals surface area contributed by atoms with Gasteiger partial charge in [0.05, 0.1) is 5.54 Å². The van der Waals surface area contributed by atoms with Crippen molar-refractivity contribution in [1.29, 1.82) is 0 Å². The number of rotatable bonds is 8. The van der Waals surface area contributed by atoms with Crippen LogP contribution in [0.1, 0.15) is 58.1 Å². The number of nitrogens with zero attached hydrogens (tertiary/aromatic N) is 1. The second kappa shape index (κ2) is 8.20. The molecule has 1 saturated heterocycles. The van der Waals surface area contributed by atoms with E-state index in [1.807, 2.05) is 13.0 Å². The zero-order chi connectivity index (χ0) is 16.9. The minimum absolute atomic E-state index is 0.0172. The Hall–Kier alpha value is -1.01. The predicted octanol–water partition coefficient (Wildman–Crippen LogP) is 3.38. The monoisotopic (exact) mass is 324 g/mol. The van der Waals surface area contributed by atoms with Crippen LogP contribution < -0.4 is 5.43 Å². The zero-order valence-corrected chi connectivity index (χ0v) is 14.4. The molecule has 1 aromatic carbocycles. The predicted molar refractivity (Wildman–Crippen MR) is 89.2 cm³/mol. The number of ether oxygens (including phenoxy) is 1. The van der Waals surface area contributed by atoms with Crippen molar-refractivity contribution < 1.29 is 14.2 Å². The normalized spacial score (nSPS) is 24.7. The molecule has 0 saturated carbocycles. The summed E-state index contributed by atoms with van der Waals surface area (Å²) in [6, 6.07) is 6.72. The summed E-state index contributed by atoms with van der Waals surface area (Å²) in [4.78, 5) is 0. The number of aliphatic hydroxyl groups excluding tert-OH is 1. The Labute approximate surface area is 138 Å². The largest absolute Gasteiger partial charge is 0.366 e. The topological polar surface area (TPSA) is 44.7 Å². The summed E-state index contributed by atoms with van der Waals surface area (Å²) in [5.41, 5.74) is 4.02. The molecule has 130 valence electrons. The van der Waals surface area contributed by atoms with Crippen LogP contribution in [0.5, 0.6) is 0 Å². The van der Waals surface area contributed by atoms with Gasteiger partial charge < -0.3 is 9.84 Å². The molecule has 2 N–H and O–H groups in total. The molecule has 1 aliphatic rings. The first-order valence-corrected chi connectivity index (χ1v) is 8.66. The molecule has 0 spiro atoms. The first-order chi connectivity index (χ1) is 11.1. The summed E-state index contributed by atoms with van der Waals surface area (Å²) in [6.45, 7) is 7.37. The highest BCUT2D eigenvalue weighted by Gasteiger charge is 2.46. The summed E-state index contributed by atoms with van der Waals surface area (Å²) < 4.78 is 19.0. The third kappa shape index (κ3) is 3.91. The van der Waals surface area contributed by atoms with Crippen LogP contribution in [0.2, 0.25) is 0 Å². The summed E-state index contributed by atoms with van der Waals surface area (Å²) >= 11 is 0. The molecule has 4 nitrogen and oxygen atoms in total. The first-order valence-electron chi connectivity index (χ1n) is 8.66. The van der Waals surface area contributed by atoms with Crippen molar-refractivity contribution in [2.45, 2.75) is 64.3 Å². The van der Waals surface area contributed by atoms with Gasteiger partial charge in [-0.1, -0.05) is 26.0 Å². The van der Waals surface area contributed by atoms with Gasteiger partial charge >= 0.3 is 0 Å². The quantitative estimate of drug-likeness (QED) is 0.720. The Balaban J connectivity index is 2.18. The second-order valence-corrected chi connectivity index (χ2v) is 6.16. The van der Waals surface area contributed by atoms with Crippen LogP contribution in [0.25, 0.3) is 0 Å². The van der Waals surface area contributed by atoms with Crippen molar-refractivity contribution in [3.63, 3.8) is 0 Å². The lowest BCUT2D eigenvalue weighted by Crippen LogP contribution is -2.59. The van der Waals surface area contributed by atoms with Gasteiger partial charge in [0.2, 0.25) is 0 Å². The zero-order valence-electron chi connectivity index (χ0n) is 14.4. The molecule has 0 radical (unpaired) electrons. The molecule has 1 aromatic rings. The van der Waals surface area contributed by atoms with Gasteiger partial charge in [-0.05, 0) is 50.3 Å². The Morgan fingerprint density at radius 3 is 2.78 bits per heavy atom. The van der Waals surface area contributed by atoms with Gasteiger partial charge in [0, 0.05) is 19.2 Å². The molecule has 1 fully saturated rings. The number of hydrazine groups is 1. The van der Waals surface area contributed by atoms with Crippen LogP contribution in [0, 0.1) is 5.82 Å². The molecule has 1 heterocycles. The highest BCUT2D eigenvalue weighted by molar-refractivity contribution is 5.20. The molecule has 0 aliphatic carbocycles. The molecule has 5 heteroatoms. The highest BCUT2D eigenvalue weighted by atomic mass is 19.1. The van der Waals surface area contributed by atoms with E-state index in [0.717, 1.165) is 37.8 Å². The maximum atomic E-state index is 13.5. The van der Waals surface area contributed by atoms with Crippen LogP contribution >= 0.6 is 0 Å². The Kier molecular flexibility index (Phi) is 6.53. The molecule has 3 atom stereocenters. The van der Waals surface area contributed by atoms with E-state index in [0.29, 0.717) is 6.61 Å². The fraction of sp³-hybridized carbons (Fsp3) is 0.667. The fourth-order valence-corrected chi connectivity index (χ4v) is 3.52. The van der Waals surface area contributed by atoms with Crippen LogP contribution in [0.15, 0.2) is 24.3 Å². The maximum Gasteiger partial charge on any atom is 0.174 e. The Bertz CT molecular complexity index is 500. The van der Waals surface area contributed by atoms with Gasteiger partial charge in [-0.2, -0.15) is 0 Å². The second-order valence-electron chi connectivity index (χ2n) is 6.16. The highest BCUT2D eigenvalue weighted by Crippen LogP contribution is 2.36. The van der Waals surface area contributed by atoms with Gasteiger partial charge in [-0.3, -0.25) is 0 Å². The number of hydrogen-bond donors (Lipinski definition) is 2. The van der Waals surface area contributed by atoms with E-state index in [2.05, 4.69) is 24.3 Å². The van der Waals surface area contributed by atoms with Crippen molar-refractivity contribution in [2.75, 3.05) is 13.2 Å². The summed E-state index contributed by atoms with van der Waals surface area (Å²) in [5, 5.41) is 12.6. The standard InChI is InChI=1S/C18H29FN2O2/c1-4-16(14-9-7-10-15(19)13-14)20-21-12-8-11-18(21,5-2)17(22)23-6-3/h7,9-10,13,16-17,20,22H,4-6,8,11-12H2,1-3H3/t16?,17?,18-/m1/s1. The Morgan fingerprint density at radius 1 is 1.39 bits per heavy atom. The van der Waals surface area contributed by atoms with Gasteiger partial charge in [0.15, 0.2) is 6.29 Å². The molecule has 2 unspecified atom stereocenters. The third-order valence-corrected chi connectivity index (χ3v) is 4.90. The van der Waals surface area contributed by atoms with E-state index in [9.17, 15) is 9.50 Å². The number of hydrogen-bond acceptors (Lipinski definition) is 4. The van der Waals surface area contributed by atoms with Crippen LogP contribution in [-0.2, 0) is 4.74 Å². The minimum Gasteiger partial charge on any atom is -0.366 e. The molecular formula is C18H29FN2O2. The summed E-state index contributed by atoms with van der Waals surface area (Å²) in [6.07, 6.45) is 2.70. The summed E-state index contributed by atoms with van der Waals surface area (Å²) in [5.74, 6) is -0.222. The van der Waals surface area contributed by atoms with E-state index in [1.54, 1.807) is 12.1 Å². The molecule has 0 bridgehead atoms. The number of benzene rings is 1. The number of nitrogens with one attached hydrogen (secondary N) is 1. The van der Waals surface area contributed by atoms with Crippen molar-refractivity contribution in [3.05, 3.63) is 35.6 Å². The van der Waals surface area contributed by atoms with Crippen molar-refractivity contribution in [3.8, 4) is 0 Å². The Morgan fingerprint density at radius 2 is 2.17 bits per heavy atom. The molecular weight excluding hydrogens is 295 g/mol. The van der Waals surface area contributed by atoms with E-state index in [-0.39, 0.29) is 11.9 Å². The summed E-state index contributed by atoms with van der Waals surface area (Å²) in [7, 11) is 0. The minimum atomic E-state index is -0.822. The molecule has 0 aromatic heterocycles. The lowest BCUT2D eigenvalue weighted by molar-refractivity contribution is -0.188. The van der Waals surface area contributed by atoms with Gasteiger partial charge in [-0.15, -0.1) is 0 Å². The smallest absolute Gasteiger partial charge is 0.174 e. The number of halogens is 1. The van der Waals surface area contributed by atoms with Gasteiger partial charge in [0.1, 0.15) is 5.82 Å². The molecule has 1 aliphatic heterocycles. The SMILES string of the molecule is CCOC(O)[C@@]1(CC)CCCN1NC(CC)c1cccc(F)c1. The molecule has 2 rings (SSSR count). The van der Waals surface area contributed by atoms with E-state index in [4.69, 9.17) is 4.74 Å². The molecule has 0 amide bonds. The van der Waals surface area contributed by atoms with E-state index >= 15 is 0 Å². The average molecular weight is 324 g/mol. The molecule has 23 heavy (non-hydrogen) atoms. The maximum absolute atomic E-state index is 13.5. The number of aliphatic hydroxyl groups is 1. The van der Waals surface area contributed by atoms with Crippen LogP contribution in [-0.4, -0.2) is 35.1 Å². The van der Waals surface area contributed by atoms with Gasteiger partial charge in [-0.25, -0.2) is 14.8 Å². The van der Waals surface area contributed by atoms with Crippen molar-refractivity contribution in [2.24, 2.45) is 0 Å². The first kappa shape index (κ1) is 18.3. The van der Waals surface area contributed by atoms with Crippen LogP contribution in [0.4, 0.5) is 4.39 Å². The van der Waals surface area contributed by atoms with Crippen LogP contribution in [0.3, 0.4) is 0 Å². The average Bonchev–Trinajstić information content (AvgIpc) is 2.96. The fourth-order valence-electron chi connectivity index (χ4n) is 3.52.